The molecule has 3 N–H and O–H groups in total. The second-order valence-corrected chi connectivity index (χ2v) is 12.9. The lowest BCUT2D eigenvalue weighted by Crippen LogP contribution is -2.38. The van der Waals surface area contributed by atoms with Gasteiger partial charge in [0, 0.05) is 17.3 Å². The molecule has 4 aromatic carbocycles. The fraction of sp³-hybridized carbons (Fsp3) is 0.263. The number of fused-ring (bicyclic) bond motifs is 3. The Morgan fingerprint density at radius 2 is 1.40 bits per heavy atom. The van der Waals surface area contributed by atoms with Crippen LogP contribution in [0.5, 0.6) is 0 Å². The minimum absolute atomic E-state index is 0.0704. The molecule has 1 atom stereocenters. The number of carbonyl (C=O) groups is 4. The molecule has 0 heterocycles. The fourth-order valence-electron chi connectivity index (χ4n) is 5.58. The first kappa shape index (κ1) is 33.9. The number of benzene rings is 4. The number of esters is 1. The van der Waals surface area contributed by atoms with Crippen LogP contribution in [0.15, 0.2) is 97.1 Å². The SMILES string of the molecule is CN(C)CC(=O)Nc1cccc(C(NC(=O)OCC2c3ccccc3-c3ccccc32)C(=O)Nc2ccc(C(=O)OC(C)(C)C)cc2)c1. The summed E-state index contributed by atoms with van der Waals surface area (Å²) in [4.78, 5) is 53.7. The van der Waals surface area contributed by atoms with Crippen LogP contribution in [0.4, 0.5) is 16.2 Å². The van der Waals surface area contributed by atoms with Crippen LogP contribution in [0.2, 0.25) is 0 Å². The molecule has 0 aromatic heterocycles. The summed E-state index contributed by atoms with van der Waals surface area (Å²) < 4.78 is 11.2. The lowest BCUT2D eigenvalue weighted by Gasteiger charge is -2.21. The Morgan fingerprint density at radius 1 is 0.771 bits per heavy atom. The molecular weight excluding hydrogens is 608 g/mol. The summed E-state index contributed by atoms with van der Waals surface area (Å²) >= 11 is 0. The molecule has 5 rings (SSSR count). The van der Waals surface area contributed by atoms with Crippen molar-refractivity contribution >= 4 is 35.3 Å². The van der Waals surface area contributed by atoms with Crippen LogP contribution in [0.3, 0.4) is 0 Å². The number of nitrogens with one attached hydrogen (secondary N) is 3. The second kappa shape index (κ2) is 14.5. The zero-order valence-corrected chi connectivity index (χ0v) is 27.7. The zero-order chi connectivity index (χ0) is 34.4. The Morgan fingerprint density at radius 3 is 2.00 bits per heavy atom. The highest BCUT2D eigenvalue weighted by atomic mass is 16.6. The maximum absolute atomic E-state index is 13.8. The van der Waals surface area contributed by atoms with Gasteiger partial charge in [-0.1, -0.05) is 60.7 Å². The van der Waals surface area contributed by atoms with E-state index in [0.717, 1.165) is 22.3 Å². The van der Waals surface area contributed by atoms with Crippen molar-refractivity contribution in [1.82, 2.24) is 10.2 Å². The fourth-order valence-corrected chi connectivity index (χ4v) is 5.58. The van der Waals surface area contributed by atoms with Crippen molar-refractivity contribution < 1.29 is 28.7 Å². The number of nitrogens with zero attached hydrogens (tertiary/aromatic N) is 1. The van der Waals surface area contributed by atoms with E-state index in [1.54, 1.807) is 88.3 Å². The van der Waals surface area contributed by atoms with Crippen LogP contribution in [0.25, 0.3) is 11.1 Å². The van der Waals surface area contributed by atoms with Crippen molar-refractivity contribution in [2.45, 2.75) is 38.3 Å². The van der Waals surface area contributed by atoms with Gasteiger partial charge in [-0.2, -0.15) is 0 Å². The van der Waals surface area contributed by atoms with Gasteiger partial charge in [0.05, 0.1) is 12.1 Å². The monoisotopic (exact) mass is 648 g/mol. The number of ether oxygens (including phenoxy) is 2. The average Bonchev–Trinajstić information content (AvgIpc) is 3.35. The molecule has 0 fully saturated rings. The highest BCUT2D eigenvalue weighted by Gasteiger charge is 2.30. The molecule has 0 saturated heterocycles. The standard InChI is InChI=1S/C38H40N4O6/c1-38(2,3)48-36(45)24-17-19-26(20-18-24)40-35(44)34(25-11-10-12-27(21-25)39-33(43)22-42(4)5)41-37(46)47-23-32-30-15-8-6-13-28(30)29-14-7-9-16-31(29)32/h6-21,32,34H,22-23H2,1-5H3,(H,39,43)(H,40,44)(H,41,46). The molecule has 48 heavy (non-hydrogen) atoms. The first-order chi connectivity index (χ1) is 22.9. The minimum atomic E-state index is -1.18. The lowest BCUT2D eigenvalue weighted by atomic mass is 9.98. The van der Waals surface area contributed by atoms with E-state index in [1.165, 1.54) is 0 Å². The molecule has 1 unspecified atom stereocenters. The van der Waals surface area contributed by atoms with E-state index in [4.69, 9.17) is 9.47 Å². The molecule has 10 nitrogen and oxygen atoms in total. The van der Waals surface area contributed by atoms with Gasteiger partial charge in [0.2, 0.25) is 5.91 Å². The molecule has 0 spiro atoms. The smallest absolute Gasteiger partial charge is 0.408 e. The van der Waals surface area contributed by atoms with Gasteiger partial charge in [-0.05, 0) is 99.1 Å². The van der Waals surface area contributed by atoms with E-state index in [-0.39, 0.29) is 25.0 Å². The van der Waals surface area contributed by atoms with E-state index in [0.29, 0.717) is 22.5 Å². The summed E-state index contributed by atoms with van der Waals surface area (Å²) in [7, 11) is 3.57. The van der Waals surface area contributed by atoms with E-state index in [9.17, 15) is 19.2 Å². The molecule has 10 heteroatoms. The largest absolute Gasteiger partial charge is 0.456 e. The highest BCUT2D eigenvalue weighted by Crippen LogP contribution is 2.44. The third kappa shape index (κ3) is 8.45. The third-order valence-corrected chi connectivity index (χ3v) is 7.62. The van der Waals surface area contributed by atoms with Gasteiger partial charge in [-0.15, -0.1) is 0 Å². The second-order valence-electron chi connectivity index (χ2n) is 12.9. The quantitative estimate of drug-likeness (QED) is 0.171. The van der Waals surface area contributed by atoms with Gasteiger partial charge in [0.25, 0.3) is 5.91 Å². The normalized spacial score (nSPS) is 12.8. The number of amides is 3. The predicted molar refractivity (Wildman–Crippen MR) is 185 cm³/mol. The molecule has 0 bridgehead atoms. The van der Waals surface area contributed by atoms with Gasteiger partial charge < -0.3 is 30.3 Å². The molecule has 1 aliphatic carbocycles. The van der Waals surface area contributed by atoms with E-state index in [1.807, 2.05) is 36.4 Å². The van der Waals surface area contributed by atoms with Crippen molar-refractivity contribution in [2.24, 2.45) is 0 Å². The summed E-state index contributed by atoms with van der Waals surface area (Å²) in [5.74, 6) is -1.42. The van der Waals surface area contributed by atoms with Gasteiger partial charge in [-0.25, -0.2) is 9.59 Å². The van der Waals surface area contributed by atoms with Gasteiger partial charge >= 0.3 is 12.1 Å². The number of hydrogen-bond acceptors (Lipinski definition) is 7. The molecule has 0 saturated carbocycles. The van der Waals surface area contributed by atoms with E-state index >= 15 is 0 Å². The van der Waals surface area contributed by atoms with Crippen LogP contribution in [-0.2, 0) is 19.1 Å². The van der Waals surface area contributed by atoms with Crippen molar-refractivity contribution in [2.75, 3.05) is 37.9 Å². The van der Waals surface area contributed by atoms with Gasteiger partial charge in [0.1, 0.15) is 18.2 Å². The number of hydrogen-bond donors (Lipinski definition) is 3. The third-order valence-electron chi connectivity index (χ3n) is 7.62. The van der Waals surface area contributed by atoms with Crippen molar-refractivity contribution in [3.63, 3.8) is 0 Å². The number of alkyl carbamates (subject to hydrolysis) is 1. The average molecular weight is 649 g/mol. The number of rotatable bonds is 10. The summed E-state index contributed by atoms with van der Waals surface area (Å²) in [5, 5.41) is 8.36. The van der Waals surface area contributed by atoms with Crippen LogP contribution in [-0.4, -0.2) is 61.6 Å². The Kier molecular flexibility index (Phi) is 10.2. The lowest BCUT2D eigenvalue weighted by molar-refractivity contribution is -0.118. The first-order valence-electron chi connectivity index (χ1n) is 15.7. The molecule has 0 aliphatic heterocycles. The maximum atomic E-state index is 13.8. The van der Waals surface area contributed by atoms with Crippen LogP contribution >= 0.6 is 0 Å². The van der Waals surface area contributed by atoms with Crippen LogP contribution in [0.1, 0.15) is 59.8 Å². The van der Waals surface area contributed by atoms with Crippen molar-refractivity contribution in [3.05, 3.63) is 119 Å². The van der Waals surface area contributed by atoms with Gasteiger partial charge in [0.15, 0.2) is 0 Å². The van der Waals surface area contributed by atoms with Crippen molar-refractivity contribution in [3.8, 4) is 11.1 Å². The Labute approximate surface area is 280 Å². The predicted octanol–water partition coefficient (Wildman–Crippen LogP) is 6.36. The summed E-state index contributed by atoms with van der Waals surface area (Å²) in [6.45, 7) is 5.59. The number of anilines is 2. The topological polar surface area (TPSA) is 126 Å². The number of likely N-dealkylation sites (N-methyl/N-ethyl adjacent to an activating group) is 1. The summed E-state index contributed by atoms with van der Waals surface area (Å²) in [5.41, 5.74) is 5.31. The molecule has 4 aromatic rings. The first-order valence-corrected chi connectivity index (χ1v) is 15.7. The van der Waals surface area contributed by atoms with Crippen molar-refractivity contribution in [1.29, 1.82) is 0 Å². The van der Waals surface area contributed by atoms with E-state index in [2.05, 4.69) is 28.1 Å². The molecular formula is C38H40N4O6. The minimum Gasteiger partial charge on any atom is -0.456 e. The maximum Gasteiger partial charge on any atom is 0.408 e. The number of carbonyl (C=O) groups excluding carboxylic acids is 4. The Hall–Kier alpha value is -5.48. The van der Waals surface area contributed by atoms with Crippen LogP contribution < -0.4 is 16.0 Å². The highest BCUT2D eigenvalue weighted by molar-refractivity contribution is 5.98. The summed E-state index contributed by atoms with van der Waals surface area (Å²) in [6.07, 6.45) is -0.778. The molecule has 0 radical (unpaired) electrons. The Bertz CT molecular complexity index is 1770. The Balaban J connectivity index is 1.34. The summed E-state index contributed by atoms with van der Waals surface area (Å²) in [6, 6.07) is 27.9. The van der Waals surface area contributed by atoms with Gasteiger partial charge in [-0.3, -0.25) is 9.59 Å². The van der Waals surface area contributed by atoms with E-state index < -0.39 is 29.6 Å². The zero-order valence-electron chi connectivity index (χ0n) is 27.7. The van der Waals surface area contributed by atoms with Crippen LogP contribution in [0, 0.1) is 0 Å². The molecule has 248 valence electrons. The molecule has 1 aliphatic rings. The molecule has 3 amide bonds.